The van der Waals surface area contributed by atoms with Crippen LogP contribution >= 0.6 is 0 Å². The van der Waals surface area contributed by atoms with Crippen molar-refractivity contribution in [3.63, 3.8) is 0 Å². The molecule has 35 heavy (non-hydrogen) atoms. The summed E-state index contributed by atoms with van der Waals surface area (Å²) in [7, 11) is 1.67. The fourth-order valence-electron chi connectivity index (χ4n) is 5.42. The third-order valence-electron chi connectivity index (χ3n) is 7.28. The van der Waals surface area contributed by atoms with Gasteiger partial charge in [0.05, 0.1) is 12.0 Å². The molecule has 0 N–H and O–H groups in total. The second-order valence-corrected chi connectivity index (χ2v) is 9.41. The fourth-order valence-corrected chi connectivity index (χ4v) is 5.42. The van der Waals surface area contributed by atoms with E-state index in [0.29, 0.717) is 18.7 Å². The first-order chi connectivity index (χ1) is 17.0. The molecule has 3 aromatic carbocycles. The van der Waals surface area contributed by atoms with Crippen molar-refractivity contribution >= 4 is 11.6 Å². The highest BCUT2D eigenvalue weighted by atomic mass is 16.6. The molecule has 2 atom stereocenters. The van der Waals surface area contributed by atoms with Gasteiger partial charge in [-0.2, -0.15) is 0 Å². The van der Waals surface area contributed by atoms with Crippen LogP contribution < -0.4 is 4.74 Å². The summed E-state index contributed by atoms with van der Waals surface area (Å²) in [6, 6.07) is 22.6. The molecule has 0 radical (unpaired) electrons. The molecule has 7 heteroatoms. The number of hydrogen-bond donors (Lipinski definition) is 0. The number of carbonyl (C=O) groups excluding carboxylic acids is 1. The van der Waals surface area contributed by atoms with E-state index < -0.39 is 4.92 Å². The topological polar surface area (TPSA) is 75.9 Å². The van der Waals surface area contributed by atoms with Crippen molar-refractivity contribution in [2.45, 2.75) is 18.9 Å². The number of likely N-dealkylation sites (tertiary alicyclic amines) is 1. The van der Waals surface area contributed by atoms with Crippen molar-refractivity contribution in [1.82, 2.24) is 9.80 Å². The number of fused-ring (bicyclic) bond motifs is 1. The number of non-ortho nitro benzene ring substituents is 1. The van der Waals surface area contributed by atoms with Gasteiger partial charge in [0.1, 0.15) is 5.75 Å². The minimum Gasteiger partial charge on any atom is -0.497 e. The maximum atomic E-state index is 13.3. The molecule has 2 heterocycles. The van der Waals surface area contributed by atoms with Gasteiger partial charge >= 0.3 is 0 Å². The fraction of sp³-hybridized carbons (Fsp3) is 0.321. The lowest BCUT2D eigenvalue weighted by atomic mass is 9.87. The van der Waals surface area contributed by atoms with Gasteiger partial charge in [-0.1, -0.05) is 36.4 Å². The van der Waals surface area contributed by atoms with Crippen LogP contribution in [0.1, 0.15) is 33.0 Å². The first-order valence-electron chi connectivity index (χ1n) is 12.0. The number of nitro groups is 1. The maximum Gasteiger partial charge on any atom is 0.269 e. The number of ether oxygens (including phenoxy) is 1. The van der Waals surface area contributed by atoms with Crippen LogP contribution in [0, 0.1) is 16.0 Å². The van der Waals surface area contributed by atoms with Crippen LogP contribution in [-0.4, -0.2) is 53.9 Å². The van der Waals surface area contributed by atoms with Gasteiger partial charge in [-0.25, -0.2) is 0 Å². The summed E-state index contributed by atoms with van der Waals surface area (Å²) in [5.41, 5.74) is 4.45. The predicted molar refractivity (Wildman–Crippen MR) is 134 cm³/mol. The molecule has 0 saturated carbocycles. The van der Waals surface area contributed by atoms with Gasteiger partial charge in [-0.3, -0.25) is 19.8 Å². The highest BCUT2D eigenvalue weighted by molar-refractivity contribution is 5.94. The third kappa shape index (κ3) is 4.91. The van der Waals surface area contributed by atoms with Crippen LogP contribution in [0.5, 0.6) is 5.75 Å². The van der Waals surface area contributed by atoms with E-state index in [-0.39, 0.29) is 23.4 Å². The molecule has 1 saturated heterocycles. The zero-order chi connectivity index (χ0) is 24.4. The molecule has 0 aromatic heterocycles. The smallest absolute Gasteiger partial charge is 0.269 e. The van der Waals surface area contributed by atoms with Crippen molar-refractivity contribution in [2.75, 3.05) is 33.3 Å². The highest BCUT2D eigenvalue weighted by Crippen LogP contribution is 2.36. The lowest BCUT2D eigenvalue weighted by molar-refractivity contribution is -0.384. The van der Waals surface area contributed by atoms with Crippen LogP contribution in [0.4, 0.5) is 5.69 Å². The summed E-state index contributed by atoms with van der Waals surface area (Å²) in [5.74, 6) is 1.19. The molecule has 3 aromatic rings. The van der Waals surface area contributed by atoms with E-state index in [1.54, 1.807) is 19.2 Å². The Morgan fingerprint density at radius 2 is 1.80 bits per heavy atom. The maximum absolute atomic E-state index is 13.3. The van der Waals surface area contributed by atoms with E-state index >= 15 is 0 Å². The van der Waals surface area contributed by atoms with Crippen LogP contribution in [0.3, 0.4) is 0 Å². The Hall–Kier alpha value is -3.71. The molecule has 5 rings (SSSR count). The summed E-state index contributed by atoms with van der Waals surface area (Å²) in [4.78, 5) is 28.3. The Morgan fingerprint density at radius 3 is 2.54 bits per heavy atom. The molecular weight excluding hydrogens is 442 g/mol. The Balaban J connectivity index is 1.37. The molecule has 0 spiro atoms. The molecular formula is C28H29N3O4. The number of nitro benzene ring substituents is 1. The normalized spacial score (nSPS) is 19.9. The van der Waals surface area contributed by atoms with Crippen LogP contribution in [0.25, 0.3) is 0 Å². The quantitative estimate of drug-likeness (QED) is 0.390. The second kappa shape index (κ2) is 9.88. The summed E-state index contributed by atoms with van der Waals surface area (Å²) < 4.78 is 5.47. The van der Waals surface area contributed by atoms with E-state index in [4.69, 9.17) is 4.74 Å². The number of methoxy groups -OCH3 is 1. The first kappa shape index (κ1) is 23.1. The molecule has 0 aliphatic carbocycles. The van der Waals surface area contributed by atoms with Crippen LogP contribution in [0.2, 0.25) is 0 Å². The van der Waals surface area contributed by atoms with E-state index in [0.717, 1.165) is 31.8 Å². The minimum absolute atomic E-state index is 0.0134. The average molecular weight is 472 g/mol. The standard InChI is InChI=1S/C28H29N3O4/c1-35-26-8-4-7-22(15-26)27-19-30(28(32)21-9-11-25(12-10-21)31(33)34)18-24(27)17-29-14-13-20-5-2-3-6-23(20)16-29/h2-12,15,24,27H,13-14,16-19H2,1H3/t24-,27+/m0/s1. The third-order valence-corrected chi connectivity index (χ3v) is 7.28. The molecule has 7 nitrogen and oxygen atoms in total. The monoisotopic (exact) mass is 471 g/mol. The second-order valence-electron chi connectivity index (χ2n) is 9.41. The Morgan fingerprint density at radius 1 is 1.03 bits per heavy atom. The van der Waals surface area contributed by atoms with E-state index in [9.17, 15) is 14.9 Å². The minimum atomic E-state index is -0.449. The van der Waals surface area contributed by atoms with Gasteiger partial charge in [-0.05, 0) is 53.3 Å². The number of amides is 1. The summed E-state index contributed by atoms with van der Waals surface area (Å²) in [6.45, 7) is 4.09. The average Bonchev–Trinajstić information content (AvgIpc) is 3.32. The largest absolute Gasteiger partial charge is 0.497 e. The van der Waals surface area contributed by atoms with Crippen LogP contribution in [0.15, 0.2) is 72.8 Å². The number of hydrogen-bond acceptors (Lipinski definition) is 5. The number of benzene rings is 3. The van der Waals surface area contributed by atoms with Crippen molar-refractivity contribution in [3.8, 4) is 5.75 Å². The lowest BCUT2D eigenvalue weighted by Gasteiger charge is -2.32. The SMILES string of the molecule is COc1cccc([C@H]2CN(C(=O)c3ccc([N+](=O)[O-])cc3)C[C@@H]2CN2CCc3ccccc3C2)c1. The molecule has 1 amide bonds. The summed E-state index contributed by atoms with van der Waals surface area (Å²) in [5, 5.41) is 11.0. The summed E-state index contributed by atoms with van der Waals surface area (Å²) in [6.07, 6.45) is 1.04. The van der Waals surface area contributed by atoms with Crippen molar-refractivity contribution in [3.05, 3.63) is 105 Å². The van der Waals surface area contributed by atoms with E-state index in [1.807, 2.05) is 17.0 Å². The Kier molecular flexibility index (Phi) is 6.51. The van der Waals surface area contributed by atoms with E-state index in [2.05, 4.69) is 41.3 Å². The van der Waals surface area contributed by atoms with Gasteiger partial charge in [0.2, 0.25) is 0 Å². The number of carbonyl (C=O) groups is 1. The molecule has 2 aliphatic heterocycles. The highest BCUT2D eigenvalue weighted by Gasteiger charge is 2.38. The number of nitrogens with zero attached hydrogens (tertiary/aromatic N) is 3. The Bertz CT molecular complexity index is 1230. The number of rotatable bonds is 6. The first-order valence-corrected chi connectivity index (χ1v) is 12.0. The van der Waals surface area contributed by atoms with Gasteiger partial charge in [0.15, 0.2) is 0 Å². The van der Waals surface area contributed by atoms with Gasteiger partial charge in [0, 0.05) is 56.3 Å². The molecule has 0 bridgehead atoms. The van der Waals surface area contributed by atoms with Crippen molar-refractivity contribution in [2.24, 2.45) is 5.92 Å². The molecule has 2 aliphatic rings. The molecule has 0 unspecified atom stereocenters. The van der Waals surface area contributed by atoms with Gasteiger partial charge in [0.25, 0.3) is 11.6 Å². The zero-order valence-corrected chi connectivity index (χ0v) is 19.8. The lowest BCUT2D eigenvalue weighted by Crippen LogP contribution is -2.37. The van der Waals surface area contributed by atoms with Crippen molar-refractivity contribution in [1.29, 1.82) is 0 Å². The molecule has 1 fully saturated rings. The van der Waals surface area contributed by atoms with E-state index in [1.165, 1.54) is 28.8 Å². The van der Waals surface area contributed by atoms with Crippen molar-refractivity contribution < 1.29 is 14.5 Å². The summed E-state index contributed by atoms with van der Waals surface area (Å²) >= 11 is 0. The van der Waals surface area contributed by atoms with Gasteiger partial charge < -0.3 is 9.64 Å². The van der Waals surface area contributed by atoms with Crippen LogP contribution in [-0.2, 0) is 13.0 Å². The Labute approximate surface area is 205 Å². The predicted octanol–water partition coefficient (Wildman–Crippen LogP) is 4.52. The molecule has 180 valence electrons. The van der Waals surface area contributed by atoms with Gasteiger partial charge in [-0.15, -0.1) is 0 Å². The zero-order valence-electron chi connectivity index (χ0n) is 19.8.